The third-order valence-electron chi connectivity index (χ3n) is 10.2. The van der Waals surface area contributed by atoms with Crippen molar-refractivity contribution >= 4 is 32.6 Å². The average Bonchev–Trinajstić information content (AvgIpc) is 3.51. The average molecular weight is 526 g/mol. The Labute approximate surface area is 240 Å². The second kappa shape index (κ2) is 7.56. The maximum absolute atomic E-state index is 2.52. The highest BCUT2D eigenvalue weighted by Crippen LogP contribution is 2.52. The van der Waals surface area contributed by atoms with E-state index in [1.807, 2.05) is 0 Å². The van der Waals surface area contributed by atoms with Crippen LogP contribution in [-0.2, 0) is 10.8 Å². The van der Waals surface area contributed by atoms with Crippen LogP contribution in [0.25, 0.3) is 60.5 Å². The number of aromatic nitrogens is 1. The van der Waals surface area contributed by atoms with E-state index in [1.54, 1.807) is 0 Å². The van der Waals surface area contributed by atoms with Gasteiger partial charge in [-0.05, 0) is 91.7 Å². The fourth-order valence-corrected chi connectivity index (χ4v) is 8.01. The van der Waals surface area contributed by atoms with Gasteiger partial charge >= 0.3 is 0 Å². The van der Waals surface area contributed by atoms with Crippen LogP contribution in [0.4, 0.5) is 0 Å². The highest BCUT2D eigenvalue weighted by molar-refractivity contribution is 6.15. The first kappa shape index (κ1) is 23.1. The maximum atomic E-state index is 2.52. The summed E-state index contributed by atoms with van der Waals surface area (Å²) in [6, 6.07) is 43.5. The maximum Gasteiger partial charge on any atom is 0.0547 e. The SMILES string of the molecule is CC1(C)c2ccccc2-c2ccc(-n3c4cc5c(cc4c4cc6ccccc6cc43)C(C)(C)c3ccccc3-5)cc21. The molecule has 0 saturated carbocycles. The Morgan fingerprint density at radius 3 is 1.63 bits per heavy atom. The van der Waals surface area contributed by atoms with Crippen molar-refractivity contribution in [2.24, 2.45) is 0 Å². The number of nitrogens with zero attached hydrogens (tertiary/aromatic N) is 1. The molecule has 0 atom stereocenters. The van der Waals surface area contributed by atoms with Gasteiger partial charge in [-0.3, -0.25) is 0 Å². The molecule has 0 spiro atoms. The van der Waals surface area contributed by atoms with E-state index in [4.69, 9.17) is 0 Å². The summed E-state index contributed by atoms with van der Waals surface area (Å²) in [6.07, 6.45) is 0. The lowest BCUT2D eigenvalue weighted by molar-refractivity contribution is 0.660. The number of hydrogen-bond donors (Lipinski definition) is 0. The van der Waals surface area contributed by atoms with Gasteiger partial charge in [0, 0.05) is 27.3 Å². The van der Waals surface area contributed by atoms with Crippen LogP contribution in [0, 0.1) is 0 Å². The van der Waals surface area contributed by atoms with Crippen LogP contribution >= 0.6 is 0 Å². The Morgan fingerprint density at radius 2 is 0.927 bits per heavy atom. The second-order valence-corrected chi connectivity index (χ2v) is 13.0. The minimum absolute atomic E-state index is 0.0330. The van der Waals surface area contributed by atoms with E-state index in [1.165, 1.54) is 82.8 Å². The van der Waals surface area contributed by atoms with Gasteiger partial charge in [-0.25, -0.2) is 0 Å². The number of hydrogen-bond acceptors (Lipinski definition) is 0. The van der Waals surface area contributed by atoms with E-state index < -0.39 is 0 Å². The summed E-state index contributed by atoms with van der Waals surface area (Å²) in [6.45, 7) is 9.48. The van der Waals surface area contributed by atoms with Crippen molar-refractivity contribution in [1.82, 2.24) is 4.57 Å². The zero-order valence-corrected chi connectivity index (χ0v) is 23.9. The Morgan fingerprint density at radius 1 is 0.415 bits per heavy atom. The molecule has 9 rings (SSSR count). The zero-order valence-electron chi connectivity index (χ0n) is 23.9. The fraction of sp³-hybridized carbons (Fsp3) is 0.150. The molecule has 0 saturated heterocycles. The van der Waals surface area contributed by atoms with E-state index >= 15 is 0 Å². The van der Waals surface area contributed by atoms with Gasteiger partial charge in [0.2, 0.25) is 0 Å². The number of rotatable bonds is 1. The third-order valence-corrected chi connectivity index (χ3v) is 10.2. The molecule has 0 bridgehead atoms. The molecule has 0 unspecified atom stereocenters. The van der Waals surface area contributed by atoms with E-state index in [-0.39, 0.29) is 10.8 Å². The Balaban J connectivity index is 1.40. The molecule has 1 heterocycles. The lowest BCUT2D eigenvalue weighted by Gasteiger charge is -2.22. The van der Waals surface area contributed by atoms with Gasteiger partial charge in [-0.1, -0.05) is 107 Å². The van der Waals surface area contributed by atoms with Gasteiger partial charge in [0.25, 0.3) is 0 Å². The van der Waals surface area contributed by atoms with Crippen LogP contribution in [0.2, 0.25) is 0 Å². The minimum Gasteiger partial charge on any atom is -0.309 e. The molecule has 6 aromatic carbocycles. The molecule has 0 amide bonds. The molecule has 0 fully saturated rings. The van der Waals surface area contributed by atoms with E-state index in [9.17, 15) is 0 Å². The minimum atomic E-state index is -0.0440. The first-order valence-electron chi connectivity index (χ1n) is 14.7. The summed E-state index contributed by atoms with van der Waals surface area (Å²) in [5.74, 6) is 0. The molecule has 7 aromatic rings. The standard InChI is InChI=1S/C40H31N/c1-39(2)33-15-9-7-13-27(33)29-18-17-26(21-35(29)39)41-37-20-25-12-6-5-11-24(25)19-31(37)32-22-36-30(23-38(32)41)28-14-8-10-16-34(28)40(36,3)4/h5-23H,1-4H3. The van der Waals surface area contributed by atoms with Crippen LogP contribution in [0.5, 0.6) is 0 Å². The van der Waals surface area contributed by atoms with Crippen LogP contribution in [0.3, 0.4) is 0 Å². The van der Waals surface area contributed by atoms with Crippen LogP contribution in [-0.4, -0.2) is 4.57 Å². The van der Waals surface area contributed by atoms with Gasteiger partial charge in [-0.2, -0.15) is 0 Å². The van der Waals surface area contributed by atoms with Gasteiger partial charge in [-0.15, -0.1) is 0 Å². The van der Waals surface area contributed by atoms with Crippen molar-refractivity contribution in [2.45, 2.75) is 38.5 Å². The van der Waals surface area contributed by atoms with E-state index in [0.717, 1.165) is 0 Å². The molecule has 0 radical (unpaired) electrons. The summed E-state index contributed by atoms with van der Waals surface area (Å²) in [7, 11) is 0. The number of fused-ring (bicyclic) bond motifs is 10. The van der Waals surface area contributed by atoms with Crippen LogP contribution < -0.4 is 0 Å². The predicted octanol–water partition coefficient (Wildman–Crippen LogP) is 10.5. The molecule has 41 heavy (non-hydrogen) atoms. The Kier molecular flexibility index (Phi) is 4.26. The molecule has 1 heteroatoms. The van der Waals surface area contributed by atoms with Crippen molar-refractivity contribution in [2.75, 3.05) is 0 Å². The molecule has 1 nitrogen and oxygen atoms in total. The molecule has 0 N–H and O–H groups in total. The highest BCUT2D eigenvalue weighted by Gasteiger charge is 2.37. The topological polar surface area (TPSA) is 4.93 Å². The summed E-state index contributed by atoms with van der Waals surface area (Å²) in [4.78, 5) is 0. The highest BCUT2D eigenvalue weighted by atomic mass is 15.0. The Hall–Kier alpha value is -4.62. The smallest absolute Gasteiger partial charge is 0.0547 e. The molecule has 1 aromatic heterocycles. The van der Waals surface area contributed by atoms with Crippen LogP contribution in [0.15, 0.2) is 115 Å². The predicted molar refractivity (Wildman–Crippen MR) is 173 cm³/mol. The summed E-state index contributed by atoms with van der Waals surface area (Å²) >= 11 is 0. The molecule has 196 valence electrons. The first-order chi connectivity index (χ1) is 19.8. The lowest BCUT2D eigenvalue weighted by atomic mass is 9.82. The second-order valence-electron chi connectivity index (χ2n) is 13.0. The van der Waals surface area contributed by atoms with Crippen molar-refractivity contribution in [3.63, 3.8) is 0 Å². The van der Waals surface area contributed by atoms with E-state index in [2.05, 4.69) is 148 Å². The molecular weight excluding hydrogens is 494 g/mol. The molecule has 2 aliphatic carbocycles. The van der Waals surface area contributed by atoms with Crippen molar-refractivity contribution in [3.05, 3.63) is 138 Å². The molecular formula is C40H31N. The summed E-state index contributed by atoms with van der Waals surface area (Å²) in [5, 5.41) is 5.20. The summed E-state index contributed by atoms with van der Waals surface area (Å²) < 4.78 is 2.52. The largest absolute Gasteiger partial charge is 0.309 e. The summed E-state index contributed by atoms with van der Waals surface area (Å²) in [5.41, 5.74) is 14.8. The van der Waals surface area contributed by atoms with Crippen molar-refractivity contribution < 1.29 is 0 Å². The Bertz CT molecular complexity index is 2260. The lowest BCUT2D eigenvalue weighted by Crippen LogP contribution is -2.15. The van der Waals surface area contributed by atoms with Gasteiger partial charge in [0.15, 0.2) is 0 Å². The molecule has 2 aliphatic rings. The number of benzene rings is 6. The van der Waals surface area contributed by atoms with E-state index in [0.29, 0.717) is 0 Å². The van der Waals surface area contributed by atoms with Crippen molar-refractivity contribution in [3.8, 4) is 27.9 Å². The monoisotopic (exact) mass is 525 g/mol. The van der Waals surface area contributed by atoms with Gasteiger partial charge < -0.3 is 4.57 Å². The van der Waals surface area contributed by atoms with Crippen molar-refractivity contribution in [1.29, 1.82) is 0 Å². The van der Waals surface area contributed by atoms with Gasteiger partial charge in [0.1, 0.15) is 0 Å². The first-order valence-corrected chi connectivity index (χ1v) is 14.7. The fourth-order valence-electron chi connectivity index (χ4n) is 8.01. The third kappa shape index (κ3) is 2.86. The normalized spacial score (nSPS) is 15.7. The quantitative estimate of drug-likeness (QED) is 0.201. The zero-order chi connectivity index (χ0) is 27.7. The van der Waals surface area contributed by atoms with Gasteiger partial charge in [0.05, 0.1) is 11.0 Å². The van der Waals surface area contributed by atoms with Crippen LogP contribution in [0.1, 0.15) is 49.9 Å². The molecule has 0 aliphatic heterocycles.